The third kappa shape index (κ3) is 2.59. The largest absolute Gasteiger partial charge is 0.351 e. The van der Waals surface area contributed by atoms with Crippen LogP contribution in [0.4, 0.5) is 0 Å². The van der Waals surface area contributed by atoms with Crippen LogP contribution in [-0.2, 0) is 20.0 Å². The van der Waals surface area contributed by atoms with Crippen LogP contribution >= 0.6 is 11.3 Å². The number of benzene rings is 1. The molecule has 5 aromatic rings. The lowest BCUT2D eigenvalue weighted by Gasteiger charge is -2.24. The standard InChI is InChI=1S/C25H24N4S/c1-16-4-7-21-24(26-16)19-15-27(2)11-9-20(19)29(21)22-10-13-30-25(22)18-6-5-17-8-12-28(3)23(17)14-18/h4-8,10,12-14H,9,11,15H2,1-3H3. The summed E-state index contributed by atoms with van der Waals surface area (Å²) in [5.74, 6) is 0. The number of aromatic nitrogens is 3. The maximum atomic E-state index is 4.95. The Hall–Kier alpha value is -2.89. The molecular formula is C25H24N4S. The van der Waals surface area contributed by atoms with Gasteiger partial charge in [0, 0.05) is 55.2 Å². The van der Waals surface area contributed by atoms with Crippen molar-refractivity contribution < 1.29 is 0 Å². The number of hydrogen-bond acceptors (Lipinski definition) is 3. The Balaban J connectivity index is 1.61. The number of rotatable bonds is 2. The summed E-state index contributed by atoms with van der Waals surface area (Å²) in [5.41, 5.74) is 10.1. The summed E-state index contributed by atoms with van der Waals surface area (Å²) in [5, 5.41) is 3.50. The number of aryl methyl sites for hydroxylation is 2. The van der Waals surface area contributed by atoms with Gasteiger partial charge in [-0.25, -0.2) is 0 Å². The lowest BCUT2D eigenvalue weighted by molar-refractivity contribution is 0.311. The van der Waals surface area contributed by atoms with Crippen LogP contribution in [0.1, 0.15) is 17.0 Å². The molecule has 6 rings (SSSR count). The third-order valence-electron chi connectivity index (χ3n) is 6.35. The first-order chi connectivity index (χ1) is 14.6. The highest BCUT2D eigenvalue weighted by Crippen LogP contribution is 2.39. The molecule has 30 heavy (non-hydrogen) atoms. The molecule has 0 aliphatic carbocycles. The first-order valence-electron chi connectivity index (χ1n) is 10.4. The van der Waals surface area contributed by atoms with Crippen molar-refractivity contribution in [2.75, 3.05) is 13.6 Å². The SMILES string of the molecule is Cc1ccc2c(n1)c1c(n2-c2ccsc2-c2ccc3ccn(C)c3c2)CCN(C)C1. The normalized spacial score (nSPS) is 14.6. The molecule has 4 aromatic heterocycles. The van der Waals surface area contributed by atoms with Gasteiger partial charge in [0.25, 0.3) is 0 Å². The van der Waals surface area contributed by atoms with E-state index in [1.54, 1.807) is 0 Å². The predicted octanol–water partition coefficient (Wildman–Crippen LogP) is 5.54. The van der Waals surface area contributed by atoms with Gasteiger partial charge in [0.1, 0.15) is 0 Å². The number of fused-ring (bicyclic) bond motifs is 4. The number of thiophene rings is 1. The minimum Gasteiger partial charge on any atom is -0.351 e. The Kier molecular flexibility index (Phi) is 3.92. The first kappa shape index (κ1) is 17.9. The Labute approximate surface area is 180 Å². The summed E-state index contributed by atoms with van der Waals surface area (Å²) in [6, 6.07) is 15.6. The van der Waals surface area contributed by atoms with Crippen LogP contribution in [0.15, 0.2) is 54.0 Å². The Morgan fingerprint density at radius 3 is 2.80 bits per heavy atom. The molecule has 5 heterocycles. The summed E-state index contributed by atoms with van der Waals surface area (Å²) in [7, 11) is 4.31. The van der Waals surface area contributed by atoms with Crippen LogP contribution in [0.5, 0.6) is 0 Å². The van der Waals surface area contributed by atoms with Gasteiger partial charge in [0.2, 0.25) is 0 Å². The zero-order valence-corrected chi connectivity index (χ0v) is 18.3. The quantitative estimate of drug-likeness (QED) is 0.380. The van der Waals surface area contributed by atoms with E-state index in [0.29, 0.717) is 0 Å². The molecule has 0 N–H and O–H groups in total. The van der Waals surface area contributed by atoms with Crippen LogP contribution in [0.2, 0.25) is 0 Å². The van der Waals surface area contributed by atoms with Crippen molar-refractivity contribution in [3.8, 4) is 16.1 Å². The van der Waals surface area contributed by atoms with Crippen LogP contribution in [0, 0.1) is 6.92 Å². The van der Waals surface area contributed by atoms with Gasteiger partial charge in [0.05, 0.1) is 21.6 Å². The van der Waals surface area contributed by atoms with Gasteiger partial charge in [0.15, 0.2) is 0 Å². The lowest BCUT2D eigenvalue weighted by atomic mass is 10.1. The molecule has 0 amide bonds. The second kappa shape index (κ2) is 6.56. The van der Waals surface area contributed by atoms with Crippen molar-refractivity contribution in [1.29, 1.82) is 0 Å². The van der Waals surface area contributed by atoms with E-state index in [2.05, 4.69) is 89.1 Å². The molecule has 0 atom stereocenters. The lowest BCUT2D eigenvalue weighted by Crippen LogP contribution is -2.27. The predicted molar refractivity (Wildman–Crippen MR) is 126 cm³/mol. The van der Waals surface area contributed by atoms with Gasteiger partial charge in [-0.05, 0) is 60.6 Å². The van der Waals surface area contributed by atoms with Crippen LogP contribution < -0.4 is 0 Å². The Morgan fingerprint density at radius 1 is 1.00 bits per heavy atom. The van der Waals surface area contributed by atoms with Crippen molar-refractivity contribution in [3.05, 3.63) is 71.0 Å². The van der Waals surface area contributed by atoms with E-state index < -0.39 is 0 Å². The molecule has 4 nitrogen and oxygen atoms in total. The second-order valence-corrected chi connectivity index (χ2v) is 9.32. The van der Waals surface area contributed by atoms with Crippen molar-refractivity contribution >= 4 is 33.3 Å². The molecule has 0 radical (unpaired) electrons. The molecule has 1 aliphatic heterocycles. The number of likely N-dealkylation sites (N-methyl/N-ethyl adjacent to an activating group) is 1. The molecule has 1 aromatic carbocycles. The fourth-order valence-electron chi connectivity index (χ4n) is 4.82. The van der Waals surface area contributed by atoms with E-state index in [4.69, 9.17) is 4.98 Å². The summed E-state index contributed by atoms with van der Waals surface area (Å²) < 4.78 is 4.67. The number of pyridine rings is 1. The molecule has 0 unspecified atom stereocenters. The molecule has 150 valence electrons. The highest BCUT2D eigenvalue weighted by Gasteiger charge is 2.25. The van der Waals surface area contributed by atoms with E-state index in [-0.39, 0.29) is 0 Å². The second-order valence-electron chi connectivity index (χ2n) is 8.40. The van der Waals surface area contributed by atoms with E-state index in [9.17, 15) is 0 Å². The maximum Gasteiger partial charge on any atom is 0.0935 e. The molecule has 0 fully saturated rings. The maximum absolute atomic E-state index is 4.95. The fraction of sp³-hybridized carbons (Fsp3) is 0.240. The number of hydrogen-bond donors (Lipinski definition) is 0. The third-order valence-corrected chi connectivity index (χ3v) is 7.30. The molecular weight excluding hydrogens is 388 g/mol. The minimum atomic E-state index is 0.962. The molecule has 0 spiro atoms. The van der Waals surface area contributed by atoms with Gasteiger partial charge in [-0.2, -0.15) is 0 Å². The zero-order valence-electron chi connectivity index (χ0n) is 17.5. The topological polar surface area (TPSA) is 26.0 Å². The summed E-state index contributed by atoms with van der Waals surface area (Å²) in [6.45, 7) is 4.13. The van der Waals surface area contributed by atoms with Crippen LogP contribution in [0.3, 0.4) is 0 Å². The first-order valence-corrected chi connectivity index (χ1v) is 11.3. The summed E-state index contributed by atoms with van der Waals surface area (Å²) in [6.07, 6.45) is 3.18. The minimum absolute atomic E-state index is 0.962. The molecule has 0 saturated heterocycles. The van der Waals surface area contributed by atoms with Gasteiger partial charge in [-0.1, -0.05) is 12.1 Å². The van der Waals surface area contributed by atoms with E-state index in [1.165, 1.54) is 43.8 Å². The van der Waals surface area contributed by atoms with Gasteiger partial charge >= 0.3 is 0 Å². The fourth-order valence-corrected chi connectivity index (χ4v) is 5.69. The van der Waals surface area contributed by atoms with Crippen LogP contribution in [-0.4, -0.2) is 32.6 Å². The average Bonchev–Trinajstić information content (AvgIpc) is 3.44. The molecule has 0 saturated carbocycles. The smallest absolute Gasteiger partial charge is 0.0935 e. The highest BCUT2D eigenvalue weighted by atomic mass is 32.1. The zero-order chi connectivity index (χ0) is 20.4. The Bertz CT molecular complexity index is 1420. The van der Waals surface area contributed by atoms with Crippen molar-refractivity contribution in [3.63, 3.8) is 0 Å². The highest BCUT2D eigenvalue weighted by molar-refractivity contribution is 7.14. The van der Waals surface area contributed by atoms with E-state index in [1.807, 2.05) is 11.3 Å². The summed E-state index contributed by atoms with van der Waals surface area (Å²) >= 11 is 1.82. The van der Waals surface area contributed by atoms with E-state index in [0.717, 1.165) is 30.7 Å². The van der Waals surface area contributed by atoms with Gasteiger partial charge in [-0.15, -0.1) is 11.3 Å². The van der Waals surface area contributed by atoms with Crippen molar-refractivity contribution in [2.24, 2.45) is 7.05 Å². The Morgan fingerprint density at radius 2 is 1.90 bits per heavy atom. The van der Waals surface area contributed by atoms with Crippen molar-refractivity contribution in [1.82, 2.24) is 19.0 Å². The van der Waals surface area contributed by atoms with Gasteiger partial charge in [-0.3, -0.25) is 4.98 Å². The van der Waals surface area contributed by atoms with Crippen molar-refractivity contribution in [2.45, 2.75) is 19.9 Å². The van der Waals surface area contributed by atoms with E-state index >= 15 is 0 Å². The molecule has 0 bridgehead atoms. The summed E-state index contributed by atoms with van der Waals surface area (Å²) in [4.78, 5) is 8.67. The van der Waals surface area contributed by atoms with Crippen LogP contribution in [0.25, 0.3) is 38.1 Å². The van der Waals surface area contributed by atoms with Gasteiger partial charge < -0.3 is 14.0 Å². The molecule has 1 aliphatic rings. The molecule has 5 heteroatoms. The number of nitrogens with zero attached hydrogens (tertiary/aromatic N) is 4. The average molecular weight is 413 g/mol. The monoisotopic (exact) mass is 412 g/mol.